The van der Waals surface area contributed by atoms with Gasteiger partial charge in [-0.15, -0.1) is 0 Å². The summed E-state index contributed by atoms with van der Waals surface area (Å²) in [5.74, 6) is 0.858. The highest BCUT2D eigenvalue weighted by atomic mass is 16.5. The molecule has 23 heavy (non-hydrogen) atoms. The topological polar surface area (TPSA) is 108 Å². The first-order chi connectivity index (χ1) is 11.1. The summed E-state index contributed by atoms with van der Waals surface area (Å²) >= 11 is 0. The smallest absolute Gasteiger partial charge is 0.142 e. The minimum atomic E-state index is -0.162. The van der Waals surface area contributed by atoms with Crippen LogP contribution in [-0.4, -0.2) is 32.4 Å². The number of methoxy groups -OCH3 is 1. The third-order valence-corrected chi connectivity index (χ3v) is 3.44. The van der Waals surface area contributed by atoms with E-state index in [1.54, 1.807) is 12.1 Å². The van der Waals surface area contributed by atoms with Crippen molar-refractivity contribution in [1.29, 1.82) is 0 Å². The first-order valence-corrected chi connectivity index (χ1v) is 6.84. The minimum absolute atomic E-state index is 0.0325. The number of phenolic OH excluding ortho intramolecular Hbond substituents is 2. The van der Waals surface area contributed by atoms with Crippen LogP contribution in [-0.2, 0) is 6.61 Å². The van der Waals surface area contributed by atoms with E-state index in [2.05, 4.69) is 15.3 Å². The van der Waals surface area contributed by atoms with Gasteiger partial charge in [0.25, 0.3) is 0 Å². The highest BCUT2D eigenvalue weighted by Gasteiger charge is 2.11. The highest BCUT2D eigenvalue weighted by molar-refractivity contribution is 5.92. The summed E-state index contributed by atoms with van der Waals surface area (Å²) in [7, 11) is 1.52. The van der Waals surface area contributed by atoms with Crippen molar-refractivity contribution in [3.8, 4) is 17.2 Å². The van der Waals surface area contributed by atoms with Crippen LogP contribution in [0, 0.1) is 0 Å². The maximum Gasteiger partial charge on any atom is 0.142 e. The molecule has 0 spiro atoms. The average Bonchev–Trinajstić information content (AvgIpc) is 2.56. The number of anilines is 2. The molecule has 7 nitrogen and oxygen atoms in total. The van der Waals surface area contributed by atoms with Crippen LogP contribution >= 0.6 is 0 Å². The summed E-state index contributed by atoms with van der Waals surface area (Å²) in [6, 6.07) is 7.67. The number of aromatic hydroxyl groups is 2. The lowest BCUT2D eigenvalue weighted by molar-refractivity contribution is 0.274. The summed E-state index contributed by atoms with van der Waals surface area (Å²) < 4.78 is 5.26. The first kappa shape index (κ1) is 14.9. The Morgan fingerprint density at radius 2 is 1.96 bits per heavy atom. The van der Waals surface area contributed by atoms with Crippen molar-refractivity contribution in [3.63, 3.8) is 0 Å². The van der Waals surface area contributed by atoms with Gasteiger partial charge in [-0.3, -0.25) is 0 Å². The molecule has 2 aromatic carbocycles. The number of nitrogens with one attached hydrogen (secondary N) is 1. The molecule has 0 atom stereocenters. The van der Waals surface area contributed by atoms with Gasteiger partial charge in [0.05, 0.1) is 24.9 Å². The third-order valence-electron chi connectivity index (χ3n) is 3.44. The van der Waals surface area contributed by atoms with Gasteiger partial charge in [0.1, 0.15) is 29.4 Å². The van der Waals surface area contributed by atoms with E-state index in [1.807, 2.05) is 0 Å². The zero-order valence-corrected chi connectivity index (χ0v) is 12.3. The molecule has 1 heterocycles. The molecule has 0 aliphatic carbocycles. The predicted octanol–water partition coefficient (Wildman–Crippen LogP) is 2.29. The molecule has 7 heteroatoms. The van der Waals surface area contributed by atoms with Gasteiger partial charge in [-0.2, -0.15) is 0 Å². The average molecular weight is 313 g/mol. The molecule has 0 saturated carbocycles. The number of aromatic nitrogens is 2. The Morgan fingerprint density at radius 3 is 2.65 bits per heavy atom. The van der Waals surface area contributed by atoms with E-state index in [4.69, 9.17) is 4.74 Å². The van der Waals surface area contributed by atoms with E-state index in [9.17, 15) is 15.3 Å². The number of nitrogens with zero attached hydrogens (tertiary/aromatic N) is 2. The molecule has 0 unspecified atom stereocenters. The molecule has 0 aliphatic rings. The van der Waals surface area contributed by atoms with E-state index in [-0.39, 0.29) is 18.1 Å². The Labute approximate surface area is 131 Å². The van der Waals surface area contributed by atoms with Crippen molar-refractivity contribution >= 4 is 22.4 Å². The lowest BCUT2D eigenvalue weighted by Gasteiger charge is -2.12. The van der Waals surface area contributed by atoms with Crippen molar-refractivity contribution in [3.05, 3.63) is 42.2 Å². The third kappa shape index (κ3) is 2.82. The summed E-state index contributed by atoms with van der Waals surface area (Å²) in [5.41, 5.74) is 1.65. The van der Waals surface area contributed by atoms with Crippen LogP contribution in [0.15, 0.2) is 36.7 Å². The van der Waals surface area contributed by atoms with Crippen LogP contribution in [0.4, 0.5) is 11.5 Å². The molecule has 0 saturated heterocycles. The number of hydrogen-bond donors (Lipinski definition) is 4. The van der Waals surface area contributed by atoms with Crippen LogP contribution in [0.25, 0.3) is 10.9 Å². The van der Waals surface area contributed by atoms with Crippen LogP contribution in [0.5, 0.6) is 17.2 Å². The van der Waals surface area contributed by atoms with Gasteiger partial charge in [0.15, 0.2) is 0 Å². The van der Waals surface area contributed by atoms with Crippen LogP contribution in [0.1, 0.15) is 5.56 Å². The standard InChI is InChI=1S/C16H15N3O4/c1-23-15-6-11-13(4-9(15)7-20)17-8-18-16(11)19-12-3-2-10(21)5-14(12)22/h2-6,8,20-22H,7H2,1H3,(H,17,18,19). The lowest BCUT2D eigenvalue weighted by atomic mass is 10.1. The molecule has 3 rings (SSSR count). The van der Waals surface area contributed by atoms with E-state index < -0.39 is 0 Å². The van der Waals surface area contributed by atoms with Crippen LogP contribution in [0.2, 0.25) is 0 Å². The van der Waals surface area contributed by atoms with Crippen molar-refractivity contribution in [2.75, 3.05) is 12.4 Å². The number of aliphatic hydroxyl groups excluding tert-OH is 1. The monoisotopic (exact) mass is 313 g/mol. The molecule has 118 valence electrons. The van der Waals surface area contributed by atoms with Crippen molar-refractivity contribution < 1.29 is 20.1 Å². The molecule has 0 radical (unpaired) electrons. The number of benzene rings is 2. The number of aliphatic hydroxyl groups is 1. The molecule has 0 amide bonds. The number of phenols is 2. The van der Waals surface area contributed by atoms with E-state index in [0.29, 0.717) is 33.7 Å². The fourth-order valence-electron chi connectivity index (χ4n) is 2.29. The second kappa shape index (κ2) is 5.98. The number of rotatable bonds is 4. The fourth-order valence-corrected chi connectivity index (χ4v) is 2.29. The summed E-state index contributed by atoms with van der Waals surface area (Å²) in [4.78, 5) is 8.37. The Hall–Kier alpha value is -3.06. The Morgan fingerprint density at radius 1 is 1.13 bits per heavy atom. The summed E-state index contributed by atoms with van der Waals surface area (Å²) in [6.45, 7) is -0.162. The Kier molecular flexibility index (Phi) is 3.86. The SMILES string of the molecule is COc1cc2c(Nc3ccc(O)cc3O)ncnc2cc1CO. The highest BCUT2D eigenvalue weighted by Crippen LogP contribution is 2.33. The molecule has 0 bridgehead atoms. The molecule has 1 aromatic heterocycles. The first-order valence-electron chi connectivity index (χ1n) is 6.84. The van der Waals surface area contributed by atoms with Crippen molar-refractivity contribution in [2.24, 2.45) is 0 Å². The fraction of sp³-hybridized carbons (Fsp3) is 0.125. The van der Waals surface area contributed by atoms with Gasteiger partial charge in [-0.25, -0.2) is 9.97 Å². The lowest BCUT2D eigenvalue weighted by Crippen LogP contribution is -1.99. The van der Waals surface area contributed by atoms with Crippen molar-refractivity contribution in [2.45, 2.75) is 6.61 Å². The quantitative estimate of drug-likeness (QED) is 0.432. The molecule has 4 N–H and O–H groups in total. The zero-order valence-electron chi connectivity index (χ0n) is 12.3. The van der Waals surface area contributed by atoms with Gasteiger partial charge in [-0.1, -0.05) is 0 Å². The second-order valence-electron chi connectivity index (χ2n) is 4.89. The van der Waals surface area contributed by atoms with Gasteiger partial charge < -0.3 is 25.4 Å². The molecular weight excluding hydrogens is 298 g/mol. The van der Waals surface area contributed by atoms with Gasteiger partial charge in [0, 0.05) is 17.0 Å². The van der Waals surface area contributed by atoms with Gasteiger partial charge in [0.2, 0.25) is 0 Å². The normalized spacial score (nSPS) is 10.7. The Bertz CT molecular complexity index is 867. The second-order valence-corrected chi connectivity index (χ2v) is 4.89. The number of fused-ring (bicyclic) bond motifs is 1. The minimum Gasteiger partial charge on any atom is -0.508 e. The Balaban J connectivity index is 2.10. The number of hydrogen-bond acceptors (Lipinski definition) is 7. The van der Waals surface area contributed by atoms with Gasteiger partial charge in [-0.05, 0) is 24.3 Å². The summed E-state index contributed by atoms with van der Waals surface area (Å²) in [5, 5.41) is 32.3. The largest absolute Gasteiger partial charge is 0.508 e. The molecule has 0 fully saturated rings. The van der Waals surface area contributed by atoms with Crippen molar-refractivity contribution in [1.82, 2.24) is 9.97 Å². The molecule has 0 aliphatic heterocycles. The maximum absolute atomic E-state index is 9.88. The zero-order chi connectivity index (χ0) is 16.4. The van der Waals surface area contributed by atoms with E-state index in [1.165, 1.54) is 31.6 Å². The maximum atomic E-state index is 9.88. The van der Waals surface area contributed by atoms with Crippen LogP contribution in [0.3, 0.4) is 0 Å². The van der Waals surface area contributed by atoms with Crippen LogP contribution < -0.4 is 10.1 Å². The van der Waals surface area contributed by atoms with Gasteiger partial charge >= 0.3 is 0 Å². The molecular formula is C16H15N3O4. The number of ether oxygens (including phenoxy) is 1. The summed E-state index contributed by atoms with van der Waals surface area (Å²) in [6.07, 6.45) is 1.38. The molecule has 3 aromatic rings. The van der Waals surface area contributed by atoms with E-state index in [0.717, 1.165) is 0 Å². The predicted molar refractivity (Wildman–Crippen MR) is 85.1 cm³/mol. The van der Waals surface area contributed by atoms with E-state index >= 15 is 0 Å².